The largest absolute Gasteiger partial charge is 0.497 e. The number of nitrogens with zero attached hydrogens (tertiary/aromatic N) is 2. The average molecular weight is 364 g/mol. The first-order valence-corrected chi connectivity index (χ1v) is 7.33. The number of hydrogen-bond donors (Lipinski definition) is 1. The fourth-order valence-corrected chi connectivity index (χ4v) is 2.15. The van der Waals surface area contributed by atoms with E-state index in [1.54, 1.807) is 18.2 Å². The Balaban J connectivity index is 2.13. The summed E-state index contributed by atoms with van der Waals surface area (Å²) in [6, 6.07) is 8.90. The van der Waals surface area contributed by atoms with Gasteiger partial charge in [0.25, 0.3) is 11.6 Å². The highest BCUT2D eigenvalue weighted by Crippen LogP contribution is 2.25. The number of carbonyl (C=O) groups is 1. The summed E-state index contributed by atoms with van der Waals surface area (Å²) in [5.74, 6) is 0.374. The number of hydrogen-bond acceptors (Lipinski definition) is 6. The topological polar surface area (TPSA) is 103 Å². The number of nitro benzene ring substituents is 1. The minimum atomic E-state index is -0.597. The number of benzene rings is 2. The highest BCUT2D eigenvalue weighted by atomic mass is 35.5. The van der Waals surface area contributed by atoms with Crippen LogP contribution >= 0.6 is 11.6 Å². The molecule has 2 aromatic carbocycles. The third-order valence-electron chi connectivity index (χ3n) is 3.20. The molecule has 0 fully saturated rings. The van der Waals surface area contributed by atoms with Crippen molar-refractivity contribution in [1.29, 1.82) is 0 Å². The van der Waals surface area contributed by atoms with Gasteiger partial charge in [-0.2, -0.15) is 5.10 Å². The first-order valence-electron chi connectivity index (χ1n) is 6.95. The van der Waals surface area contributed by atoms with Gasteiger partial charge in [-0.05, 0) is 18.2 Å². The molecular weight excluding hydrogens is 350 g/mol. The van der Waals surface area contributed by atoms with Gasteiger partial charge in [0.05, 0.1) is 30.9 Å². The third kappa shape index (κ3) is 4.45. The summed E-state index contributed by atoms with van der Waals surface area (Å²) in [5.41, 5.74) is 2.77. The number of nitrogens with one attached hydrogen (secondary N) is 1. The lowest BCUT2D eigenvalue weighted by atomic mass is 10.2. The Labute approximate surface area is 148 Å². The van der Waals surface area contributed by atoms with Gasteiger partial charge in [0.1, 0.15) is 16.5 Å². The minimum Gasteiger partial charge on any atom is -0.497 e. The van der Waals surface area contributed by atoms with Gasteiger partial charge in [0.15, 0.2) is 0 Å². The molecule has 0 atom stereocenters. The lowest BCUT2D eigenvalue weighted by Crippen LogP contribution is -2.18. The van der Waals surface area contributed by atoms with E-state index < -0.39 is 10.8 Å². The second-order valence-corrected chi connectivity index (χ2v) is 5.14. The van der Waals surface area contributed by atoms with Crippen molar-refractivity contribution in [3.63, 3.8) is 0 Å². The number of hydrazone groups is 1. The van der Waals surface area contributed by atoms with Gasteiger partial charge < -0.3 is 9.47 Å². The molecule has 0 radical (unpaired) electrons. The molecule has 130 valence electrons. The van der Waals surface area contributed by atoms with E-state index in [4.69, 9.17) is 21.1 Å². The van der Waals surface area contributed by atoms with Crippen molar-refractivity contribution < 1.29 is 19.2 Å². The fraction of sp³-hybridized carbons (Fsp3) is 0.125. The van der Waals surface area contributed by atoms with E-state index in [0.29, 0.717) is 17.1 Å². The molecule has 25 heavy (non-hydrogen) atoms. The molecule has 8 nitrogen and oxygen atoms in total. The van der Waals surface area contributed by atoms with Gasteiger partial charge >= 0.3 is 0 Å². The monoisotopic (exact) mass is 363 g/mol. The van der Waals surface area contributed by atoms with Crippen molar-refractivity contribution in [3.8, 4) is 11.5 Å². The third-order valence-corrected chi connectivity index (χ3v) is 3.52. The van der Waals surface area contributed by atoms with E-state index in [2.05, 4.69) is 10.5 Å². The Morgan fingerprint density at radius 1 is 1.24 bits per heavy atom. The number of amides is 1. The Kier molecular flexibility index (Phi) is 5.91. The molecule has 0 saturated heterocycles. The maximum Gasteiger partial charge on any atom is 0.288 e. The van der Waals surface area contributed by atoms with Crippen molar-refractivity contribution >= 4 is 29.4 Å². The van der Waals surface area contributed by atoms with Gasteiger partial charge in [0.2, 0.25) is 0 Å². The van der Waals surface area contributed by atoms with E-state index in [9.17, 15) is 14.9 Å². The quantitative estimate of drug-likeness (QED) is 0.482. The van der Waals surface area contributed by atoms with Gasteiger partial charge in [-0.1, -0.05) is 17.7 Å². The predicted octanol–water partition coefficient (Wildman–Crippen LogP) is 3.03. The van der Waals surface area contributed by atoms with Crippen LogP contribution in [0.25, 0.3) is 0 Å². The number of rotatable bonds is 6. The molecular formula is C16H14ClN3O5. The zero-order valence-corrected chi connectivity index (χ0v) is 14.1. The number of carbonyl (C=O) groups excluding carboxylic acids is 1. The smallest absolute Gasteiger partial charge is 0.288 e. The predicted molar refractivity (Wildman–Crippen MR) is 92.7 cm³/mol. The molecule has 0 bridgehead atoms. The zero-order valence-electron chi connectivity index (χ0n) is 13.4. The first-order chi connectivity index (χ1) is 12.0. The van der Waals surface area contributed by atoms with Gasteiger partial charge in [0, 0.05) is 17.7 Å². The van der Waals surface area contributed by atoms with Crippen LogP contribution in [0.4, 0.5) is 5.69 Å². The van der Waals surface area contributed by atoms with Crippen LogP contribution in [0.15, 0.2) is 41.5 Å². The molecule has 0 aliphatic rings. The summed E-state index contributed by atoms with van der Waals surface area (Å²) in [4.78, 5) is 22.4. The molecule has 2 rings (SSSR count). The minimum absolute atomic E-state index is 0.0224. The van der Waals surface area contributed by atoms with E-state index in [1.165, 1.54) is 38.6 Å². The van der Waals surface area contributed by atoms with Crippen LogP contribution in [-0.4, -0.2) is 31.3 Å². The number of nitro groups is 1. The van der Waals surface area contributed by atoms with E-state index in [0.717, 1.165) is 0 Å². The van der Waals surface area contributed by atoms with Crippen molar-refractivity contribution in [2.75, 3.05) is 14.2 Å². The number of methoxy groups -OCH3 is 2. The lowest BCUT2D eigenvalue weighted by molar-refractivity contribution is -0.384. The van der Waals surface area contributed by atoms with Crippen LogP contribution in [0, 0.1) is 10.1 Å². The van der Waals surface area contributed by atoms with Gasteiger partial charge in [-0.25, -0.2) is 5.43 Å². The standard InChI is InChI=1S/C16H14ClN3O5/c1-24-11-4-5-12(15(8-11)25-2)16(21)19-18-9-10-3-6-13(17)14(7-10)20(22)23/h3-9H,1-2H3,(H,19,21)/b18-9-. The van der Waals surface area contributed by atoms with Crippen LogP contribution in [-0.2, 0) is 0 Å². The number of halogens is 1. The summed E-state index contributed by atoms with van der Waals surface area (Å²) in [6.07, 6.45) is 1.28. The Morgan fingerprint density at radius 3 is 2.64 bits per heavy atom. The molecule has 2 aromatic rings. The van der Waals surface area contributed by atoms with Gasteiger partial charge in [-0.3, -0.25) is 14.9 Å². The molecule has 0 heterocycles. The van der Waals surface area contributed by atoms with E-state index in [-0.39, 0.29) is 16.3 Å². The maximum absolute atomic E-state index is 12.2. The number of ether oxygens (including phenoxy) is 2. The SMILES string of the molecule is COc1ccc(C(=O)N/N=C\c2ccc(Cl)c([N+](=O)[O-])c2)c(OC)c1. The second-order valence-electron chi connectivity index (χ2n) is 4.73. The maximum atomic E-state index is 12.2. The van der Waals surface area contributed by atoms with E-state index in [1.807, 2.05) is 0 Å². The average Bonchev–Trinajstić information content (AvgIpc) is 2.62. The Hall–Kier alpha value is -3.13. The molecule has 0 saturated carbocycles. The first kappa shape index (κ1) is 18.2. The summed E-state index contributed by atoms with van der Waals surface area (Å²) < 4.78 is 10.2. The van der Waals surface area contributed by atoms with Crippen LogP contribution in [0.1, 0.15) is 15.9 Å². The zero-order chi connectivity index (χ0) is 18.4. The molecule has 1 N–H and O–H groups in total. The summed E-state index contributed by atoms with van der Waals surface area (Å²) in [7, 11) is 2.94. The molecule has 0 spiro atoms. The summed E-state index contributed by atoms with van der Waals surface area (Å²) in [6.45, 7) is 0. The van der Waals surface area contributed by atoms with Crippen molar-refractivity contribution in [1.82, 2.24) is 5.43 Å². The fourth-order valence-electron chi connectivity index (χ4n) is 1.96. The summed E-state index contributed by atoms with van der Waals surface area (Å²) >= 11 is 5.73. The van der Waals surface area contributed by atoms with Crippen molar-refractivity contribution in [2.45, 2.75) is 0 Å². The van der Waals surface area contributed by atoms with Crippen LogP contribution in [0.5, 0.6) is 11.5 Å². The molecule has 9 heteroatoms. The highest BCUT2D eigenvalue weighted by Gasteiger charge is 2.13. The Morgan fingerprint density at radius 2 is 2.00 bits per heavy atom. The van der Waals surface area contributed by atoms with Crippen LogP contribution in [0.3, 0.4) is 0 Å². The molecule has 0 aliphatic heterocycles. The molecule has 0 aliphatic carbocycles. The highest BCUT2D eigenvalue weighted by molar-refractivity contribution is 6.32. The van der Waals surface area contributed by atoms with Gasteiger partial charge in [-0.15, -0.1) is 0 Å². The summed E-state index contributed by atoms with van der Waals surface area (Å²) in [5, 5.41) is 14.7. The second kappa shape index (κ2) is 8.11. The van der Waals surface area contributed by atoms with Crippen molar-refractivity contribution in [3.05, 3.63) is 62.7 Å². The normalized spacial score (nSPS) is 10.5. The van der Waals surface area contributed by atoms with E-state index >= 15 is 0 Å². The van der Waals surface area contributed by atoms with Crippen LogP contribution < -0.4 is 14.9 Å². The van der Waals surface area contributed by atoms with Crippen LogP contribution in [0.2, 0.25) is 5.02 Å². The lowest BCUT2D eigenvalue weighted by Gasteiger charge is -2.08. The Bertz CT molecular complexity index is 839. The molecule has 1 amide bonds. The molecule has 0 aromatic heterocycles. The molecule has 0 unspecified atom stereocenters. The van der Waals surface area contributed by atoms with Crippen molar-refractivity contribution in [2.24, 2.45) is 5.10 Å².